The van der Waals surface area contributed by atoms with Crippen LogP contribution in [-0.2, 0) is 38.2 Å². The van der Waals surface area contributed by atoms with E-state index in [1.165, 1.54) is 6.92 Å². The van der Waals surface area contributed by atoms with Gasteiger partial charge in [0.05, 0.1) is 12.3 Å². The second kappa shape index (κ2) is 8.10. The van der Waals surface area contributed by atoms with Crippen molar-refractivity contribution < 1.29 is 43.3 Å². The highest BCUT2D eigenvalue weighted by molar-refractivity contribution is 5.93. The third-order valence-electron chi connectivity index (χ3n) is 10.6. The molecule has 198 valence electrons. The van der Waals surface area contributed by atoms with Crippen LogP contribution in [0.4, 0.5) is 0 Å². The van der Waals surface area contributed by atoms with Crippen LogP contribution < -0.4 is 0 Å². The smallest absolute Gasteiger partial charge is 0.306 e. The van der Waals surface area contributed by atoms with Gasteiger partial charge in [0.15, 0.2) is 5.78 Å². The van der Waals surface area contributed by atoms with Crippen LogP contribution in [0.1, 0.15) is 66.7 Å². The highest BCUT2D eigenvalue weighted by atomic mass is 16.6. The molecule has 5 aliphatic rings. The lowest BCUT2D eigenvalue weighted by molar-refractivity contribution is -0.277. The van der Waals surface area contributed by atoms with E-state index in [1.807, 2.05) is 20.8 Å². The minimum Gasteiger partial charge on any atom is -0.465 e. The maximum atomic E-state index is 14.0. The Kier molecular flexibility index (Phi) is 5.71. The van der Waals surface area contributed by atoms with E-state index in [2.05, 4.69) is 0 Å². The van der Waals surface area contributed by atoms with Gasteiger partial charge in [0.25, 0.3) is 0 Å². The van der Waals surface area contributed by atoms with Gasteiger partial charge in [-0.2, -0.15) is 0 Å². The van der Waals surface area contributed by atoms with Crippen molar-refractivity contribution in [1.29, 1.82) is 0 Å². The number of aliphatic hydroxyl groups excluding tert-OH is 1. The minimum absolute atomic E-state index is 0.00574. The predicted octanol–water partition coefficient (Wildman–Crippen LogP) is 2.01. The average Bonchev–Trinajstić information content (AvgIpc) is 3.21. The molecule has 5 fully saturated rings. The van der Waals surface area contributed by atoms with Gasteiger partial charge in [-0.05, 0) is 37.0 Å². The molecule has 3 aliphatic carbocycles. The number of hydrogen-bond donors (Lipinski definition) is 1. The van der Waals surface area contributed by atoms with E-state index < -0.39 is 64.2 Å². The van der Waals surface area contributed by atoms with Crippen molar-refractivity contribution in [3.8, 4) is 0 Å². The molecular formula is C27H36O9. The van der Waals surface area contributed by atoms with Crippen molar-refractivity contribution >= 4 is 29.5 Å². The summed E-state index contributed by atoms with van der Waals surface area (Å²) in [4.78, 5) is 64.9. The summed E-state index contributed by atoms with van der Waals surface area (Å²) >= 11 is 0. The second-order valence-corrected chi connectivity index (χ2v) is 12.5. The molecule has 3 saturated carbocycles. The number of cyclic esters (lactones) is 1. The van der Waals surface area contributed by atoms with Gasteiger partial charge in [0.2, 0.25) is 0 Å². The fourth-order valence-corrected chi connectivity index (χ4v) is 9.28. The largest absolute Gasteiger partial charge is 0.465 e. The number of Topliss-reactive ketones (excluding diaryl/α,β-unsaturated/α-hetero) is 2. The highest BCUT2D eigenvalue weighted by Crippen LogP contribution is 2.71. The van der Waals surface area contributed by atoms with E-state index in [9.17, 15) is 29.1 Å². The summed E-state index contributed by atoms with van der Waals surface area (Å²) in [6.45, 7) is 8.91. The predicted molar refractivity (Wildman–Crippen MR) is 123 cm³/mol. The maximum Gasteiger partial charge on any atom is 0.306 e. The number of fused-ring (bicyclic) bond motifs is 2. The number of hydrogen-bond acceptors (Lipinski definition) is 9. The summed E-state index contributed by atoms with van der Waals surface area (Å²) < 4.78 is 17.0. The summed E-state index contributed by atoms with van der Waals surface area (Å²) in [7, 11) is 0. The van der Waals surface area contributed by atoms with Crippen molar-refractivity contribution in [2.75, 3.05) is 6.61 Å². The van der Waals surface area contributed by atoms with Gasteiger partial charge >= 0.3 is 17.9 Å². The van der Waals surface area contributed by atoms with Crippen molar-refractivity contribution in [3.05, 3.63) is 0 Å². The fourth-order valence-electron chi connectivity index (χ4n) is 9.28. The molecule has 5 rings (SSSR count). The number of ether oxygens (including phenoxy) is 3. The number of aliphatic hydroxyl groups is 1. The topological polar surface area (TPSA) is 133 Å². The summed E-state index contributed by atoms with van der Waals surface area (Å²) in [6.07, 6.45) is -1.62. The highest BCUT2D eigenvalue weighted by Gasteiger charge is 2.75. The molecule has 36 heavy (non-hydrogen) atoms. The van der Waals surface area contributed by atoms with Gasteiger partial charge in [0, 0.05) is 35.5 Å². The summed E-state index contributed by atoms with van der Waals surface area (Å²) in [5, 5.41) is 10.8. The number of carbonyl (C=O) groups excluding carboxylic acids is 5. The first-order chi connectivity index (χ1) is 16.7. The van der Waals surface area contributed by atoms with Gasteiger partial charge in [-0.3, -0.25) is 24.0 Å². The van der Waals surface area contributed by atoms with Gasteiger partial charge in [-0.25, -0.2) is 0 Å². The van der Waals surface area contributed by atoms with Gasteiger partial charge in [-0.15, -0.1) is 0 Å². The molecule has 2 aliphatic heterocycles. The minimum atomic E-state index is -1.12. The van der Waals surface area contributed by atoms with E-state index in [0.717, 1.165) is 0 Å². The Balaban J connectivity index is 1.68. The molecule has 0 spiro atoms. The third kappa shape index (κ3) is 3.26. The standard InChI is InChI=1S/C27H36O9/c1-12-6-16(29)24(33)26(4)15(12)8-19-27(5)18(9-21(31)36-19)25(3,10-17(22(26)27)35-13(2)28)23(32)14-7-20(30)34-11-14/h12,14-19,22,29H,6-11H2,1-5H3/t12-,14+,15+,16+,17-,18-,19-,22-,25+,26+,27+/m1/s1. The molecule has 0 aromatic carbocycles. The molecule has 0 radical (unpaired) electrons. The Morgan fingerprint density at radius 3 is 2.36 bits per heavy atom. The number of ketones is 2. The molecule has 1 N–H and O–H groups in total. The van der Waals surface area contributed by atoms with Gasteiger partial charge in [0.1, 0.15) is 30.7 Å². The molecule has 0 amide bonds. The quantitative estimate of drug-likeness (QED) is 0.452. The summed E-state index contributed by atoms with van der Waals surface area (Å²) in [5.41, 5.74) is -2.99. The van der Waals surface area contributed by atoms with Crippen molar-refractivity contribution in [2.45, 2.75) is 85.0 Å². The average molecular weight is 505 g/mol. The van der Waals surface area contributed by atoms with Crippen LogP contribution >= 0.6 is 0 Å². The van der Waals surface area contributed by atoms with Crippen LogP contribution in [0.15, 0.2) is 0 Å². The number of esters is 3. The Hall–Kier alpha value is -2.29. The zero-order valence-corrected chi connectivity index (χ0v) is 21.6. The van der Waals surface area contributed by atoms with Crippen LogP contribution in [0, 0.1) is 45.8 Å². The van der Waals surface area contributed by atoms with Crippen LogP contribution in [0.2, 0.25) is 0 Å². The normalized spacial score (nSPS) is 49.9. The molecule has 2 heterocycles. The van der Waals surface area contributed by atoms with Crippen LogP contribution in [0.3, 0.4) is 0 Å². The Labute approximate surface area is 210 Å². The summed E-state index contributed by atoms with van der Waals surface area (Å²) in [6, 6.07) is 0. The Morgan fingerprint density at radius 1 is 1.06 bits per heavy atom. The first kappa shape index (κ1) is 25.4. The lowest BCUT2D eigenvalue weighted by Crippen LogP contribution is -2.74. The zero-order valence-electron chi connectivity index (χ0n) is 21.6. The van der Waals surface area contributed by atoms with E-state index in [4.69, 9.17) is 14.2 Å². The Bertz CT molecular complexity index is 1040. The first-order valence-electron chi connectivity index (χ1n) is 13.0. The Morgan fingerprint density at radius 2 is 1.75 bits per heavy atom. The molecule has 0 aromatic heterocycles. The van der Waals surface area contributed by atoms with Crippen molar-refractivity contribution in [3.63, 3.8) is 0 Å². The lowest BCUT2D eigenvalue weighted by atomic mass is 9.35. The fraction of sp³-hybridized carbons (Fsp3) is 0.815. The van der Waals surface area contributed by atoms with Crippen LogP contribution in [0.5, 0.6) is 0 Å². The molecule has 0 bridgehead atoms. The second-order valence-electron chi connectivity index (χ2n) is 12.5. The molecule has 11 atom stereocenters. The SMILES string of the molecule is CC(=O)O[C@@H]1C[C@](C)(C(=O)[C@@H]2COC(=O)C2)[C@H]2CC(=O)O[C@@H]3C[C@H]4[C@H](C)C[C@H](O)C(=O)[C@]4(C)[C@@H]1[C@]32C. The van der Waals surface area contributed by atoms with Gasteiger partial charge < -0.3 is 19.3 Å². The molecular weight excluding hydrogens is 468 g/mol. The molecule has 0 aromatic rings. The lowest BCUT2D eigenvalue weighted by Gasteiger charge is -2.70. The van der Waals surface area contributed by atoms with E-state index >= 15 is 0 Å². The van der Waals surface area contributed by atoms with Crippen molar-refractivity contribution in [2.24, 2.45) is 45.8 Å². The van der Waals surface area contributed by atoms with E-state index in [-0.39, 0.29) is 55.2 Å². The van der Waals surface area contributed by atoms with Crippen LogP contribution in [0.25, 0.3) is 0 Å². The molecule has 2 saturated heterocycles. The van der Waals surface area contributed by atoms with E-state index in [0.29, 0.717) is 12.8 Å². The van der Waals surface area contributed by atoms with Crippen LogP contribution in [-0.4, -0.2) is 59.5 Å². The van der Waals surface area contributed by atoms with Gasteiger partial charge in [-0.1, -0.05) is 27.7 Å². The molecule has 9 nitrogen and oxygen atoms in total. The summed E-state index contributed by atoms with van der Waals surface area (Å²) in [5.74, 6) is -3.67. The zero-order chi connectivity index (χ0) is 26.4. The number of rotatable bonds is 3. The monoisotopic (exact) mass is 504 g/mol. The number of carbonyl (C=O) groups is 5. The third-order valence-corrected chi connectivity index (χ3v) is 10.6. The van der Waals surface area contributed by atoms with Crippen molar-refractivity contribution in [1.82, 2.24) is 0 Å². The maximum absolute atomic E-state index is 14.0. The molecule has 0 unspecified atom stereocenters. The molecule has 9 heteroatoms. The van der Waals surface area contributed by atoms with E-state index in [1.54, 1.807) is 6.92 Å². The first-order valence-corrected chi connectivity index (χ1v) is 13.0.